The number of amides is 2. The summed E-state index contributed by atoms with van der Waals surface area (Å²) in [6.07, 6.45) is 2.01. The minimum atomic E-state index is -4.25. The van der Waals surface area contributed by atoms with E-state index in [-0.39, 0.29) is 33.1 Å². The van der Waals surface area contributed by atoms with Crippen LogP contribution < -0.4 is 14.4 Å². The summed E-state index contributed by atoms with van der Waals surface area (Å²) in [6.45, 7) is 3.74. The normalized spacial score (nSPS) is 11.9. The standard InChI is InChI=1S/C30H35Cl2N3O5S/c1-4-6-18-33-30(37)26(5-2)34(20-22-12-10-13-23(19-22)40-3)28(36)21-35(27-17-11-16-25(31)29(27)32)41(38,39)24-14-8-7-9-15-24/h7-17,19,26H,4-6,18,20-21H2,1-3H3,(H,33,37). The minimum Gasteiger partial charge on any atom is -0.497 e. The van der Waals surface area contributed by atoms with Crippen LogP contribution in [-0.4, -0.2) is 51.4 Å². The molecule has 0 saturated heterocycles. The Morgan fingerprint density at radius 2 is 1.68 bits per heavy atom. The van der Waals surface area contributed by atoms with Crippen LogP contribution in [0.3, 0.4) is 0 Å². The molecule has 1 atom stereocenters. The molecule has 8 nitrogen and oxygen atoms in total. The maximum atomic E-state index is 14.1. The Labute approximate surface area is 252 Å². The number of anilines is 1. The topological polar surface area (TPSA) is 96.0 Å². The average molecular weight is 621 g/mol. The van der Waals surface area contributed by atoms with Gasteiger partial charge in [-0.15, -0.1) is 0 Å². The van der Waals surface area contributed by atoms with Gasteiger partial charge < -0.3 is 15.0 Å². The number of hydrogen-bond donors (Lipinski definition) is 1. The molecule has 3 rings (SSSR count). The van der Waals surface area contributed by atoms with Crippen molar-refractivity contribution in [3.8, 4) is 5.75 Å². The highest BCUT2D eigenvalue weighted by Gasteiger charge is 2.34. The quantitative estimate of drug-likeness (QED) is 0.226. The monoisotopic (exact) mass is 619 g/mol. The third-order valence-electron chi connectivity index (χ3n) is 6.51. The summed E-state index contributed by atoms with van der Waals surface area (Å²) in [6, 6.07) is 18.7. The summed E-state index contributed by atoms with van der Waals surface area (Å²) in [4.78, 5) is 28.8. The highest BCUT2D eigenvalue weighted by Crippen LogP contribution is 2.35. The Bertz CT molecular complexity index is 1440. The first-order valence-electron chi connectivity index (χ1n) is 13.4. The van der Waals surface area contributed by atoms with E-state index < -0.39 is 28.5 Å². The highest BCUT2D eigenvalue weighted by atomic mass is 35.5. The Kier molecular flexibility index (Phi) is 11.9. The maximum Gasteiger partial charge on any atom is 0.264 e. The zero-order valence-electron chi connectivity index (χ0n) is 23.3. The van der Waals surface area contributed by atoms with Gasteiger partial charge >= 0.3 is 0 Å². The fourth-order valence-corrected chi connectivity index (χ4v) is 6.21. The Balaban J connectivity index is 2.07. The van der Waals surface area contributed by atoms with Crippen LogP contribution in [0.2, 0.25) is 10.0 Å². The summed E-state index contributed by atoms with van der Waals surface area (Å²) >= 11 is 12.7. The number of carbonyl (C=O) groups is 2. The number of carbonyl (C=O) groups excluding carboxylic acids is 2. The summed E-state index contributed by atoms with van der Waals surface area (Å²) < 4.78 is 34.1. The van der Waals surface area contributed by atoms with Crippen LogP contribution in [0.25, 0.3) is 0 Å². The zero-order valence-corrected chi connectivity index (χ0v) is 25.7. The molecular weight excluding hydrogens is 585 g/mol. The second kappa shape index (κ2) is 15.1. The largest absolute Gasteiger partial charge is 0.497 e. The second-order valence-electron chi connectivity index (χ2n) is 9.34. The smallest absolute Gasteiger partial charge is 0.264 e. The highest BCUT2D eigenvalue weighted by molar-refractivity contribution is 7.92. The van der Waals surface area contributed by atoms with E-state index in [4.69, 9.17) is 27.9 Å². The first kappa shape index (κ1) is 32.2. The fourth-order valence-electron chi connectivity index (χ4n) is 4.31. The van der Waals surface area contributed by atoms with Crippen molar-refractivity contribution in [2.45, 2.75) is 50.6 Å². The number of ether oxygens (including phenoxy) is 1. The number of hydrogen-bond acceptors (Lipinski definition) is 5. The number of nitrogens with one attached hydrogen (secondary N) is 1. The Hall–Kier alpha value is -3.27. The van der Waals surface area contributed by atoms with Gasteiger partial charge in [-0.3, -0.25) is 13.9 Å². The van der Waals surface area contributed by atoms with E-state index in [0.717, 1.165) is 22.7 Å². The molecule has 2 amide bonds. The van der Waals surface area contributed by atoms with E-state index >= 15 is 0 Å². The Morgan fingerprint density at radius 3 is 2.34 bits per heavy atom. The van der Waals surface area contributed by atoms with Gasteiger partial charge in [0, 0.05) is 13.1 Å². The summed E-state index contributed by atoms with van der Waals surface area (Å²) in [5, 5.41) is 3.04. The molecule has 0 bridgehead atoms. The van der Waals surface area contributed by atoms with Crippen LogP contribution >= 0.6 is 23.2 Å². The van der Waals surface area contributed by atoms with E-state index in [1.807, 2.05) is 19.9 Å². The molecule has 0 fully saturated rings. The molecule has 0 aliphatic carbocycles. The molecule has 0 heterocycles. The van der Waals surface area contributed by atoms with Gasteiger partial charge in [-0.05, 0) is 54.8 Å². The molecule has 3 aromatic carbocycles. The SMILES string of the molecule is CCCCNC(=O)C(CC)N(Cc1cccc(OC)c1)C(=O)CN(c1cccc(Cl)c1Cl)S(=O)(=O)c1ccccc1. The van der Waals surface area contributed by atoms with Gasteiger partial charge in [0.25, 0.3) is 10.0 Å². The molecule has 41 heavy (non-hydrogen) atoms. The molecule has 0 aliphatic rings. The third kappa shape index (κ3) is 8.15. The van der Waals surface area contributed by atoms with E-state index in [1.165, 1.54) is 29.2 Å². The van der Waals surface area contributed by atoms with E-state index in [2.05, 4.69) is 5.32 Å². The number of unbranched alkanes of at least 4 members (excludes halogenated alkanes) is 1. The third-order valence-corrected chi connectivity index (χ3v) is 9.10. The van der Waals surface area contributed by atoms with Crippen molar-refractivity contribution in [2.75, 3.05) is 24.5 Å². The van der Waals surface area contributed by atoms with Gasteiger partial charge in [0.2, 0.25) is 11.8 Å². The van der Waals surface area contributed by atoms with E-state index in [9.17, 15) is 18.0 Å². The van der Waals surface area contributed by atoms with Gasteiger partial charge in [-0.25, -0.2) is 8.42 Å². The average Bonchev–Trinajstić information content (AvgIpc) is 2.98. The molecule has 0 radical (unpaired) electrons. The molecule has 0 aliphatic heterocycles. The van der Waals surface area contributed by atoms with Crippen molar-refractivity contribution < 1.29 is 22.7 Å². The molecule has 11 heteroatoms. The number of halogens is 2. The fraction of sp³-hybridized carbons (Fsp3) is 0.333. The van der Waals surface area contributed by atoms with Crippen molar-refractivity contribution in [1.29, 1.82) is 0 Å². The zero-order chi connectivity index (χ0) is 30.0. The van der Waals surface area contributed by atoms with E-state index in [0.29, 0.717) is 18.7 Å². The molecule has 3 aromatic rings. The summed E-state index contributed by atoms with van der Waals surface area (Å²) in [5.41, 5.74) is 0.772. The lowest BCUT2D eigenvalue weighted by atomic mass is 10.1. The van der Waals surface area contributed by atoms with Crippen LogP contribution in [0.5, 0.6) is 5.75 Å². The molecule has 220 valence electrons. The molecule has 1 N–H and O–H groups in total. The van der Waals surface area contributed by atoms with Crippen molar-refractivity contribution >= 4 is 50.7 Å². The van der Waals surface area contributed by atoms with Gasteiger partial charge in [-0.1, -0.05) is 79.9 Å². The van der Waals surface area contributed by atoms with Crippen LogP contribution in [0.1, 0.15) is 38.7 Å². The van der Waals surface area contributed by atoms with Crippen LogP contribution in [0.4, 0.5) is 5.69 Å². The molecule has 0 aromatic heterocycles. The Morgan fingerprint density at radius 1 is 0.976 bits per heavy atom. The maximum absolute atomic E-state index is 14.1. The van der Waals surface area contributed by atoms with Crippen LogP contribution in [-0.2, 0) is 26.2 Å². The number of nitrogens with zero attached hydrogens (tertiary/aromatic N) is 2. The molecule has 0 spiro atoms. The lowest BCUT2D eigenvalue weighted by Crippen LogP contribution is -2.52. The van der Waals surface area contributed by atoms with Crippen molar-refractivity contribution in [3.05, 3.63) is 88.4 Å². The molecule has 0 saturated carbocycles. The predicted molar refractivity (Wildman–Crippen MR) is 163 cm³/mol. The van der Waals surface area contributed by atoms with Crippen molar-refractivity contribution in [2.24, 2.45) is 0 Å². The van der Waals surface area contributed by atoms with Gasteiger partial charge in [0.15, 0.2) is 0 Å². The van der Waals surface area contributed by atoms with Crippen LogP contribution in [0, 0.1) is 0 Å². The molecular formula is C30H35Cl2N3O5S. The van der Waals surface area contributed by atoms with Gasteiger partial charge in [-0.2, -0.15) is 0 Å². The molecule has 1 unspecified atom stereocenters. The van der Waals surface area contributed by atoms with E-state index in [1.54, 1.807) is 49.6 Å². The van der Waals surface area contributed by atoms with Crippen molar-refractivity contribution in [3.63, 3.8) is 0 Å². The van der Waals surface area contributed by atoms with Crippen LogP contribution in [0.15, 0.2) is 77.7 Å². The lowest BCUT2D eigenvalue weighted by Gasteiger charge is -2.33. The second-order valence-corrected chi connectivity index (χ2v) is 12.0. The minimum absolute atomic E-state index is 0.00910. The lowest BCUT2D eigenvalue weighted by molar-refractivity contribution is -0.140. The van der Waals surface area contributed by atoms with Gasteiger partial charge in [0.1, 0.15) is 18.3 Å². The first-order chi connectivity index (χ1) is 19.6. The summed E-state index contributed by atoms with van der Waals surface area (Å²) in [5.74, 6) is -0.300. The van der Waals surface area contributed by atoms with Crippen molar-refractivity contribution in [1.82, 2.24) is 10.2 Å². The number of rotatable bonds is 14. The number of benzene rings is 3. The number of sulfonamides is 1. The van der Waals surface area contributed by atoms with Gasteiger partial charge in [0.05, 0.1) is 27.7 Å². The predicted octanol–water partition coefficient (Wildman–Crippen LogP) is 5.92. The first-order valence-corrected chi connectivity index (χ1v) is 15.6. The summed E-state index contributed by atoms with van der Waals surface area (Å²) in [7, 11) is -2.71. The number of methoxy groups -OCH3 is 1.